The Kier molecular flexibility index (Phi) is 4.98. The van der Waals surface area contributed by atoms with Crippen molar-refractivity contribution in [2.75, 3.05) is 19.6 Å². The molecule has 2 heterocycles. The Hall–Kier alpha value is -2.24. The molecule has 0 aliphatic carbocycles. The molecule has 1 N–H and O–H groups in total. The van der Waals surface area contributed by atoms with E-state index >= 15 is 0 Å². The molecule has 1 aliphatic heterocycles. The first kappa shape index (κ1) is 18.1. The van der Waals surface area contributed by atoms with E-state index < -0.39 is 5.60 Å². The van der Waals surface area contributed by atoms with Gasteiger partial charge in [-0.2, -0.15) is 0 Å². The first-order valence-corrected chi connectivity index (χ1v) is 9.60. The maximum Gasteiger partial charge on any atom is 0.170 e. The fourth-order valence-corrected chi connectivity index (χ4v) is 4.12. The molecule has 1 aromatic heterocycles. The molecule has 0 spiro atoms. The van der Waals surface area contributed by atoms with Crippen molar-refractivity contribution in [3.05, 3.63) is 65.1 Å². The molecule has 0 unspecified atom stereocenters. The van der Waals surface area contributed by atoms with Gasteiger partial charge in [-0.05, 0) is 62.4 Å². The molecule has 1 aliphatic rings. The van der Waals surface area contributed by atoms with Gasteiger partial charge in [-0.15, -0.1) is 0 Å². The summed E-state index contributed by atoms with van der Waals surface area (Å²) < 4.78 is 18.5. The van der Waals surface area contributed by atoms with Crippen molar-refractivity contribution in [2.24, 2.45) is 0 Å². The summed E-state index contributed by atoms with van der Waals surface area (Å²) in [7, 11) is 0. The topological polar surface area (TPSA) is 49.5 Å². The van der Waals surface area contributed by atoms with Gasteiger partial charge in [0, 0.05) is 24.5 Å². The molecule has 0 radical (unpaired) electrons. The van der Waals surface area contributed by atoms with E-state index in [-0.39, 0.29) is 5.82 Å². The van der Waals surface area contributed by atoms with E-state index in [0.29, 0.717) is 5.58 Å². The van der Waals surface area contributed by atoms with Gasteiger partial charge < -0.3 is 14.5 Å². The van der Waals surface area contributed by atoms with E-state index in [0.717, 1.165) is 67.5 Å². The van der Waals surface area contributed by atoms with Crippen LogP contribution in [0.1, 0.15) is 36.1 Å². The average molecular weight is 368 g/mol. The summed E-state index contributed by atoms with van der Waals surface area (Å²) in [5.41, 5.74) is 2.90. The minimum atomic E-state index is -0.714. The predicted molar refractivity (Wildman–Crippen MR) is 103 cm³/mol. The standard InChI is InChI=1S/C22H25FN2O2/c1-16-5-2-3-6-19(16)22(26)10-13-25(14-11-22)12-4-7-20-18-9-8-17(23)15-21(18)27-24-20/h2-3,5-6,8-9,15,26H,4,7,10-14H2,1H3. The van der Waals surface area contributed by atoms with Crippen LogP contribution in [-0.2, 0) is 12.0 Å². The van der Waals surface area contributed by atoms with Crippen LogP contribution in [-0.4, -0.2) is 34.8 Å². The zero-order chi connectivity index (χ0) is 18.9. The van der Waals surface area contributed by atoms with Crippen LogP contribution in [0.2, 0.25) is 0 Å². The highest BCUT2D eigenvalue weighted by Gasteiger charge is 2.34. The van der Waals surface area contributed by atoms with Gasteiger partial charge in [-0.3, -0.25) is 0 Å². The van der Waals surface area contributed by atoms with Crippen LogP contribution in [0.25, 0.3) is 11.0 Å². The van der Waals surface area contributed by atoms with Crippen molar-refractivity contribution < 1.29 is 14.0 Å². The van der Waals surface area contributed by atoms with Crippen LogP contribution >= 0.6 is 0 Å². The van der Waals surface area contributed by atoms with E-state index in [2.05, 4.69) is 23.0 Å². The number of nitrogens with zero attached hydrogens (tertiary/aromatic N) is 2. The first-order valence-electron chi connectivity index (χ1n) is 9.60. The van der Waals surface area contributed by atoms with Gasteiger partial charge in [0.15, 0.2) is 5.58 Å². The van der Waals surface area contributed by atoms with Gasteiger partial charge in [0.1, 0.15) is 5.82 Å². The van der Waals surface area contributed by atoms with Crippen molar-refractivity contribution in [1.29, 1.82) is 0 Å². The summed E-state index contributed by atoms with van der Waals surface area (Å²) in [4.78, 5) is 2.40. The number of rotatable bonds is 5. The Morgan fingerprint density at radius 2 is 1.96 bits per heavy atom. The number of fused-ring (bicyclic) bond motifs is 1. The smallest absolute Gasteiger partial charge is 0.170 e. The molecule has 1 fully saturated rings. The number of likely N-dealkylation sites (tertiary alicyclic amines) is 1. The van der Waals surface area contributed by atoms with Crippen LogP contribution in [0.15, 0.2) is 47.0 Å². The first-order chi connectivity index (χ1) is 13.0. The fourth-order valence-electron chi connectivity index (χ4n) is 4.12. The summed E-state index contributed by atoms with van der Waals surface area (Å²) in [6.07, 6.45) is 3.27. The monoisotopic (exact) mass is 368 g/mol. The summed E-state index contributed by atoms with van der Waals surface area (Å²) >= 11 is 0. The molecule has 0 atom stereocenters. The Bertz CT molecular complexity index is 929. The molecule has 4 rings (SSSR count). The molecule has 0 saturated carbocycles. The number of aromatic nitrogens is 1. The minimum Gasteiger partial charge on any atom is -0.385 e. The molecule has 142 valence electrons. The third-order valence-electron chi connectivity index (χ3n) is 5.73. The van der Waals surface area contributed by atoms with Gasteiger partial charge in [-0.1, -0.05) is 29.4 Å². The second kappa shape index (κ2) is 7.41. The van der Waals surface area contributed by atoms with Crippen LogP contribution in [0.5, 0.6) is 0 Å². The van der Waals surface area contributed by atoms with Crippen LogP contribution in [0.4, 0.5) is 4.39 Å². The van der Waals surface area contributed by atoms with Gasteiger partial charge in [-0.25, -0.2) is 4.39 Å². The van der Waals surface area contributed by atoms with Crippen LogP contribution in [0, 0.1) is 12.7 Å². The fraction of sp³-hybridized carbons (Fsp3) is 0.409. The number of aryl methyl sites for hydroxylation is 2. The Labute approximate surface area is 158 Å². The Morgan fingerprint density at radius 3 is 2.74 bits per heavy atom. The molecule has 5 heteroatoms. The third-order valence-corrected chi connectivity index (χ3v) is 5.73. The molecule has 0 amide bonds. The third kappa shape index (κ3) is 3.75. The Morgan fingerprint density at radius 1 is 1.19 bits per heavy atom. The quantitative estimate of drug-likeness (QED) is 0.734. The molecule has 4 nitrogen and oxygen atoms in total. The van der Waals surface area contributed by atoms with Gasteiger partial charge in [0.05, 0.1) is 11.3 Å². The van der Waals surface area contributed by atoms with E-state index in [1.165, 1.54) is 12.1 Å². The number of hydrogen-bond donors (Lipinski definition) is 1. The zero-order valence-electron chi connectivity index (χ0n) is 15.6. The lowest BCUT2D eigenvalue weighted by Crippen LogP contribution is -2.43. The van der Waals surface area contributed by atoms with Crippen molar-refractivity contribution in [2.45, 2.75) is 38.2 Å². The lowest BCUT2D eigenvalue weighted by molar-refractivity contribution is -0.0264. The van der Waals surface area contributed by atoms with Crippen LogP contribution < -0.4 is 0 Å². The highest BCUT2D eigenvalue weighted by Crippen LogP contribution is 2.34. The second-order valence-corrected chi connectivity index (χ2v) is 7.56. The minimum absolute atomic E-state index is 0.306. The van der Waals surface area contributed by atoms with Crippen LogP contribution in [0.3, 0.4) is 0 Å². The highest BCUT2D eigenvalue weighted by molar-refractivity contribution is 5.79. The maximum absolute atomic E-state index is 13.2. The van der Waals surface area contributed by atoms with E-state index in [1.807, 2.05) is 18.2 Å². The van der Waals surface area contributed by atoms with Crippen molar-refractivity contribution >= 4 is 11.0 Å². The lowest BCUT2D eigenvalue weighted by Gasteiger charge is -2.39. The van der Waals surface area contributed by atoms with Gasteiger partial charge in [0.25, 0.3) is 0 Å². The summed E-state index contributed by atoms with van der Waals surface area (Å²) in [5, 5.41) is 16.1. The molecule has 27 heavy (non-hydrogen) atoms. The van der Waals surface area contributed by atoms with E-state index in [9.17, 15) is 9.50 Å². The normalized spacial score (nSPS) is 17.4. The maximum atomic E-state index is 13.2. The van der Waals surface area contributed by atoms with Crippen molar-refractivity contribution in [3.8, 4) is 0 Å². The number of hydrogen-bond acceptors (Lipinski definition) is 4. The second-order valence-electron chi connectivity index (χ2n) is 7.56. The molecule has 2 aromatic carbocycles. The number of piperidine rings is 1. The molecular weight excluding hydrogens is 343 g/mol. The summed E-state index contributed by atoms with van der Waals surface area (Å²) in [6.45, 7) is 4.79. The van der Waals surface area contributed by atoms with Gasteiger partial charge in [0.2, 0.25) is 0 Å². The highest BCUT2D eigenvalue weighted by atomic mass is 19.1. The molecular formula is C22H25FN2O2. The molecule has 1 saturated heterocycles. The lowest BCUT2D eigenvalue weighted by atomic mass is 9.82. The molecule has 0 bridgehead atoms. The number of halogens is 1. The Balaban J connectivity index is 1.31. The zero-order valence-corrected chi connectivity index (χ0v) is 15.6. The average Bonchev–Trinajstić information content (AvgIpc) is 3.06. The van der Waals surface area contributed by atoms with E-state index in [4.69, 9.17) is 4.52 Å². The largest absolute Gasteiger partial charge is 0.385 e. The number of aliphatic hydroxyl groups is 1. The SMILES string of the molecule is Cc1ccccc1C1(O)CCN(CCCc2noc3cc(F)ccc23)CC1. The predicted octanol–water partition coefficient (Wildman–Crippen LogP) is 4.19. The van der Waals surface area contributed by atoms with Crippen molar-refractivity contribution in [3.63, 3.8) is 0 Å². The van der Waals surface area contributed by atoms with E-state index in [1.54, 1.807) is 6.07 Å². The number of benzene rings is 2. The summed E-state index contributed by atoms with van der Waals surface area (Å²) in [5.74, 6) is -0.306. The van der Waals surface area contributed by atoms with Crippen molar-refractivity contribution in [1.82, 2.24) is 10.1 Å². The molecule has 3 aromatic rings. The van der Waals surface area contributed by atoms with Gasteiger partial charge >= 0.3 is 0 Å². The summed E-state index contributed by atoms with van der Waals surface area (Å²) in [6, 6.07) is 12.7.